The summed E-state index contributed by atoms with van der Waals surface area (Å²) in [5.41, 5.74) is 0. The van der Waals surface area contributed by atoms with Crippen LogP contribution >= 0.6 is 0 Å². The summed E-state index contributed by atoms with van der Waals surface area (Å²) in [6.07, 6.45) is 2.43. The van der Waals surface area contributed by atoms with Crippen molar-refractivity contribution in [3.8, 4) is 0 Å². The molecule has 0 saturated carbocycles. The smallest absolute Gasteiger partial charge is 0.303 e. The average Bonchev–Trinajstić information content (AvgIpc) is 2.27. The molecule has 0 aromatic rings. The molecule has 18 heavy (non-hydrogen) atoms. The van der Waals surface area contributed by atoms with E-state index in [1.807, 2.05) is 11.8 Å². The van der Waals surface area contributed by atoms with Gasteiger partial charge < -0.3 is 14.9 Å². The van der Waals surface area contributed by atoms with Gasteiger partial charge in [0, 0.05) is 32.0 Å². The maximum Gasteiger partial charge on any atom is 0.303 e. The first kappa shape index (κ1) is 15.0. The predicted octanol–water partition coefficient (Wildman–Crippen LogP) is 1.04. The molecule has 5 heteroatoms. The standard InChI is InChI=1S/C13H24N2O3/c1-10(9-13(17)18)8-12(16)15-6-4-11(5-7-15)14(2)3/h10-11H,4-9H2,1-3H3,(H,17,18). The zero-order valence-electron chi connectivity index (χ0n) is 11.6. The van der Waals surface area contributed by atoms with Crippen molar-refractivity contribution in [3.63, 3.8) is 0 Å². The Kier molecular flexibility index (Phi) is 5.59. The lowest BCUT2D eigenvalue weighted by Crippen LogP contribution is -2.44. The zero-order valence-corrected chi connectivity index (χ0v) is 11.6. The van der Waals surface area contributed by atoms with Crippen molar-refractivity contribution in [3.05, 3.63) is 0 Å². The van der Waals surface area contributed by atoms with Gasteiger partial charge in [-0.05, 0) is 32.9 Å². The summed E-state index contributed by atoms with van der Waals surface area (Å²) >= 11 is 0. The van der Waals surface area contributed by atoms with Crippen LogP contribution in [-0.4, -0.2) is 60.0 Å². The van der Waals surface area contributed by atoms with E-state index in [0.717, 1.165) is 25.9 Å². The number of amides is 1. The molecule has 5 nitrogen and oxygen atoms in total. The summed E-state index contributed by atoms with van der Waals surface area (Å²) in [6.45, 7) is 3.40. The van der Waals surface area contributed by atoms with E-state index in [2.05, 4.69) is 19.0 Å². The summed E-state index contributed by atoms with van der Waals surface area (Å²) in [7, 11) is 4.13. The predicted molar refractivity (Wildman–Crippen MR) is 69.3 cm³/mol. The Morgan fingerprint density at radius 1 is 1.28 bits per heavy atom. The minimum atomic E-state index is -0.832. The molecule has 1 unspecified atom stereocenters. The first-order valence-electron chi connectivity index (χ1n) is 6.56. The van der Waals surface area contributed by atoms with Crippen molar-refractivity contribution in [1.82, 2.24) is 9.80 Å². The molecule has 0 aromatic carbocycles. The molecule has 1 atom stereocenters. The SMILES string of the molecule is CC(CC(=O)O)CC(=O)N1CCC(N(C)C)CC1. The van der Waals surface area contributed by atoms with Crippen LogP contribution in [0, 0.1) is 5.92 Å². The summed E-state index contributed by atoms with van der Waals surface area (Å²) in [4.78, 5) is 26.6. The van der Waals surface area contributed by atoms with Gasteiger partial charge in [-0.2, -0.15) is 0 Å². The van der Waals surface area contributed by atoms with Crippen LogP contribution in [0.15, 0.2) is 0 Å². The van der Waals surface area contributed by atoms with Crippen LogP contribution in [0.3, 0.4) is 0 Å². The molecule has 1 aliphatic heterocycles. The van der Waals surface area contributed by atoms with Crippen molar-refractivity contribution in [1.29, 1.82) is 0 Å². The third kappa shape index (κ3) is 4.64. The Labute approximate surface area is 109 Å². The Hall–Kier alpha value is -1.10. The van der Waals surface area contributed by atoms with Gasteiger partial charge in [-0.25, -0.2) is 0 Å². The normalized spacial score (nSPS) is 19.0. The van der Waals surface area contributed by atoms with Crippen LogP contribution in [0.2, 0.25) is 0 Å². The van der Waals surface area contributed by atoms with Gasteiger partial charge in [0.25, 0.3) is 0 Å². The number of aliphatic carboxylic acids is 1. The van der Waals surface area contributed by atoms with Gasteiger partial charge >= 0.3 is 5.97 Å². The number of carbonyl (C=O) groups excluding carboxylic acids is 1. The van der Waals surface area contributed by atoms with Crippen molar-refractivity contribution in [2.75, 3.05) is 27.2 Å². The van der Waals surface area contributed by atoms with Crippen LogP contribution in [-0.2, 0) is 9.59 Å². The third-order valence-corrected chi connectivity index (χ3v) is 3.59. The number of carboxylic acid groups (broad SMARTS) is 1. The lowest BCUT2D eigenvalue weighted by molar-refractivity contribution is -0.138. The van der Waals surface area contributed by atoms with Gasteiger partial charge in [-0.15, -0.1) is 0 Å². The number of carbonyl (C=O) groups is 2. The van der Waals surface area contributed by atoms with Crippen molar-refractivity contribution < 1.29 is 14.7 Å². The van der Waals surface area contributed by atoms with Gasteiger partial charge in [0.05, 0.1) is 0 Å². The van der Waals surface area contributed by atoms with Gasteiger partial charge in [0.2, 0.25) is 5.91 Å². The highest BCUT2D eigenvalue weighted by atomic mass is 16.4. The molecular weight excluding hydrogens is 232 g/mol. The number of carboxylic acids is 1. The molecule has 104 valence electrons. The van der Waals surface area contributed by atoms with Gasteiger partial charge in [0.15, 0.2) is 0 Å². The average molecular weight is 256 g/mol. The highest BCUT2D eigenvalue weighted by molar-refractivity contribution is 5.77. The Bertz CT molecular complexity index is 297. The topological polar surface area (TPSA) is 60.9 Å². The van der Waals surface area contributed by atoms with E-state index < -0.39 is 5.97 Å². The van der Waals surface area contributed by atoms with E-state index in [4.69, 9.17) is 5.11 Å². The lowest BCUT2D eigenvalue weighted by atomic mass is 10.0. The highest BCUT2D eigenvalue weighted by Crippen LogP contribution is 2.17. The van der Waals surface area contributed by atoms with Crippen LogP contribution in [0.4, 0.5) is 0 Å². The molecule has 0 radical (unpaired) electrons. The molecule has 1 fully saturated rings. The summed E-state index contributed by atoms with van der Waals surface area (Å²) in [5, 5.41) is 8.67. The molecule has 1 aliphatic rings. The number of rotatable bonds is 5. The van der Waals surface area contributed by atoms with Crippen LogP contribution in [0.25, 0.3) is 0 Å². The molecular formula is C13H24N2O3. The molecule has 1 rings (SSSR count). The van der Waals surface area contributed by atoms with E-state index in [1.54, 1.807) is 0 Å². The molecule has 1 N–H and O–H groups in total. The van der Waals surface area contributed by atoms with E-state index in [0.29, 0.717) is 12.5 Å². The van der Waals surface area contributed by atoms with Crippen molar-refractivity contribution in [2.45, 2.75) is 38.6 Å². The first-order chi connectivity index (χ1) is 8.40. The fourth-order valence-electron chi connectivity index (χ4n) is 2.43. The second-order valence-corrected chi connectivity index (χ2v) is 5.48. The lowest BCUT2D eigenvalue weighted by Gasteiger charge is -2.35. The molecule has 0 bridgehead atoms. The summed E-state index contributed by atoms with van der Waals surface area (Å²) in [5.74, 6) is -0.816. The fourth-order valence-corrected chi connectivity index (χ4v) is 2.43. The summed E-state index contributed by atoms with van der Waals surface area (Å²) in [6, 6.07) is 0.561. The zero-order chi connectivity index (χ0) is 13.7. The van der Waals surface area contributed by atoms with E-state index in [1.165, 1.54) is 0 Å². The molecule has 0 aromatic heterocycles. The fraction of sp³-hybridized carbons (Fsp3) is 0.846. The molecule has 1 saturated heterocycles. The van der Waals surface area contributed by atoms with Crippen LogP contribution in [0.1, 0.15) is 32.6 Å². The maximum atomic E-state index is 12.0. The number of likely N-dealkylation sites (tertiary alicyclic amines) is 1. The number of piperidine rings is 1. The molecule has 0 spiro atoms. The van der Waals surface area contributed by atoms with E-state index in [-0.39, 0.29) is 18.2 Å². The first-order valence-corrected chi connectivity index (χ1v) is 6.56. The number of hydrogen-bond donors (Lipinski definition) is 1. The van der Waals surface area contributed by atoms with E-state index >= 15 is 0 Å². The quantitative estimate of drug-likeness (QED) is 0.798. The van der Waals surface area contributed by atoms with Crippen LogP contribution in [0.5, 0.6) is 0 Å². The molecule has 1 amide bonds. The second-order valence-electron chi connectivity index (χ2n) is 5.48. The van der Waals surface area contributed by atoms with Crippen molar-refractivity contribution >= 4 is 11.9 Å². The minimum Gasteiger partial charge on any atom is -0.481 e. The Morgan fingerprint density at radius 3 is 2.28 bits per heavy atom. The van der Waals surface area contributed by atoms with Crippen LogP contribution < -0.4 is 0 Å². The highest BCUT2D eigenvalue weighted by Gasteiger charge is 2.24. The minimum absolute atomic E-state index is 0.0693. The van der Waals surface area contributed by atoms with Gasteiger partial charge in [-0.3, -0.25) is 9.59 Å². The van der Waals surface area contributed by atoms with Crippen molar-refractivity contribution in [2.24, 2.45) is 5.92 Å². The van der Waals surface area contributed by atoms with Gasteiger partial charge in [0.1, 0.15) is 0 Å². The molecule has 0 aliphatic carbocycles. The van der Waals surface area contributed by atoms with E-state index in [9.17, 15) is 9.59 Å². The Balaban J connectivity index is 2.34. The largest absolute Gasteiger partial charge is 0.481 e. The third-order valence-electron chi connectivity index (χ3n) is 3.59. The maximum absolute atomic E-state index is 12.0. The molecule has 1 heterocycles. The second kappa shape index (κ2) is 6.73. The number of nitrogens with zero attached hydrogens (tertiary/aromatic N) is 2. The summed E-state index contributed by atoms with van der Waals surface area (Å²) < 4.78 is 0. The van der Waals surface area contributed by atoms with Gasteiger partial charge in [-0.1, -0.05) is 6.92 Å². The Morgan fingerprint density at radius 2 is 1.83 bits per heavy atom. The number of hydrogen-bond acceptors (Lipinski definition) is 3. The monoisotopic (exact) mass is 256 g/mol.